The van der Waals surface area contributed by atoms with Crippen LogP contribution in [0.25, 0.3) is 0 Å². The van der Waals surface area contributed by atoms with Crippen molar-refractivity contribution in [2.45, 2.75) is 26.3 Å². The van der Waals surface area contributed by atoms with Crippen LogP contribution in [0.4, 0.5) is 11.4 Å². The molecule has 0 saturated carbocycles. The highest BCUT2D eigenvalue weighted by molar-refractivity contribution is 7.07. The Balaban J connectivity index is 2.02. The normalized spacial score (nSPS) is 12.4. The third-order valence-corrected chi connectivity index (χ3v) is 3.46. The molecule has 0 saturated heterocycles. The first-order valence-electron chi connectivity index (χ1n) is 5.79. The molecule has 2 aromatic rings. The van der Waals surface area contributed by atoms with Crippen molar-refractivity contribution >= 4 is 22.7 Å². The van der Waals surface area contributed by atoms with Crippen LogP contribution >= 0.6 is 11.3 Å². The molecule has 90 valence electrons. The van der Waals surface area contributed by atoms with Crippen LogP contribution < -0.4 is 11.1 Å². The van der Waals surface area contributed by atoms with Gasteiger partial charge in [-0.3, -0.25) is 0 Å². The van der Waals surface area contributed by atoms with Crippen molar-refractivity contribution in [3.05, 3.63) is 46.2 Å². The van der Waals surface area contributed by atoms with Crippen molar-refractivity contribution in [3.63, 3.8) is 0 Å². The molecule has 0 fully saturated rings. The van der Waals surface area contributed by atoms with Crippen LogP contribution in [-0.2, 0) is 6.42 Å². The zero-order chi connectivity index (χ0) is 12.3. The molecule has 1 aromatic carbocycles. The van der Waals surface area contributed by atoms with E-state index in [2.05, 4.69) is 42.1 Å². The number of nitrogen functional groups attached to an aromatic ring is 1. The van der Waals surface area contributed by atoms with Gasteiger partial charge in [0, 0.05) is 6.04 Å². The number of nitrogens with two attached hydrogens (primary N) is 1. The molecule has 0 spiro atoms. The third-order valence-electron chi connectivity index (χ3n) is 2.73. The molecule has 1 unspecified atom stereocenters. The summed E-state index contributed by atoms with van der Waals surface area (Å²) in [5.74, 6) is 0. The molecule has 1 atom stereocenters. The summed E-state index contributed by atoms with van der Waals surface area (Å²) in [7, 11) is 0. The smallest absolute Gasteiger partial charge is 0.0578 e. The lowest BCUT2D eigenvalue weighted by Crippen LogP contribution is -2.18. The van der Waals surface area contributed by atoms with Gasteiger partial charge in [-0.15, -0.1) is 0 Å². The summed E-state index contributed by atoms with van der Waals surface area (Å²) in [6, 6.07) is 8.63. The lowest BCUT2D eigenvalue weighted by atomic mass is 10.1. The molecule has 0 aliphatic rings. The van der Waals surface area contributed by atoms with Gasteiger partial charge in [0.2, 0.25) is 0 Å². The number of rotatable bonds is 4. The Morgan fingerprint density at radius 2 is 2.18 bits per heavy atom. The molecule has 2 nitrogen and oxygen atoms in total. The Kier molecular flexibility index (Phi) is 3.69. The maximum Gasteiger partial charge on any atom is 0.0578 e. The fraction of sp³-hybridized carbons (Fsp3) is 0.286. The zero-order valence-electron chi connectivity index (χ0n) is 10.2. The monoisotopic (exact) mass is 246 g/mol. The Morgan fingerprint density at radius 3 is 2.88 bits per heavy atom. The first-order chi connectivity index (χ1) is 8.15. The van der Waals surface area contributed by atoms with E-state index in [1.165, 1.54) is 11.1 Å². The van der Waals surface area contributed by atoms with Gasteiger partial charge in [-0.1, -0.05) is 6.07 Å². The third kappa shape index (κ3) is 3.24. The second-order valence-corrected chi connectivity index (χ2v) is 5.25. The zero-order valence-corrected chi connectivity index (χ0v) is 11.1. The van der Waals surface area contributed by atoms with Gasteiger partial charge in [-0.05, 0) is 60.4 Å². The number of hydrogen-bond acceptors (Lipinski definition) is 3. The maximum absolute atomic E-state index is 5.95. The van der Waals surface area contributed by atoms with Crippen molar-refractivity contribution in [1.82, 2.24) is 0 Å². The highest BCUT2D eigenvalue weighted by Crippen LogP contribution is 2.21. The fourth-order valence-corrected chi connectivity index (χ4v) is 2.56. The molecule has 1 heterocycles. The van der Waals surface area contributed by atoms with E-state index < -0.39 is 0 Å². The summed E-state index contributed by atoms with van der Waals surface area (Å²) >= 11 is 1.74. The summed E-state index contributed by atoms with van der Waals surface area (Å²) < 4.78 is 0. The van der Waals surface area contributed by atoms with Crippen molar-refractivity contribution in [2.75, 3.05) is 11.1 Å². The minimum Gasteiger partial charge on any atom is -0.397 e. The van der Waals surface area contributed by atoms with E-state index in [1.54, 1.807) is 11.3 Å². The van der Waals surface area contributed by atoms with Crippen LogP contribution in [0.5, 0.6) is 0 Å². The predicted molar refractivity (Wildman–Crippen MR) is 76.7 cm³/mol. The lowest BCUT2D eigenvalue weighted by Gasteiger charge is -2.16. The number of anilines is 2. The van der Waals surface area contributed by atoms with E-state index in [4.69, 9.17) is 5.73 Å². The molecule has 0 radical (unpaired) electrons. The van der Waals surface area contributed by atoms with E-state index in [9.17, 15) is 0 Å². The summed E-state index contributed by atoms with van der Waals surface area (Å²) in [5, 5.41) is 7.78. The first kappa shape index (κ1) is 12.0. The van der Waals surface area contributed by atoms with Crippen molar-refractivity contribution in [1.29, 1.82) is 0 Å². The van der Waals surface area contributed by atoms with E-state index in [1.807, 2.05) is 12.1 Å². The van der Waals surface area contributed by atoms with Gasteiger partial charge in [0.1, 0.15) is 0 Å². The Morgan fingerprint density at radius 1 is 1.35 bits per heavy atom. The number of benzene rings is 1. The van der Waals surface area contributed by atoms with Crippen molar-refractivity contribution < 1.29 is 0 Å². The fourth-order valence-electron chi connectivity index (χ4n) is 1.87. The highest BCUT2D eigenvalue weighted by Gasteiger charge is 2.06. The maximum atomic E-state index is 5.95. The predicted octanol–water partition coefficient (Wildman–Crippen LogP) is 3.68. The second-order valence-electron chi connectivity index (χ2n) is 4.47. The first-order valence-corrected chi connectivity index (χ1v) is 6.73. The van der Waals surface area contributed by atoms with E-state index in [0.717, 1.165) is 17.8 Å². The second kappa shape index (κ2) is 5.23. The lowest BCUT2D eigenvalue weighted by molar-refractivity contribution is 0.793. The van der Waals surface area contributed by atoms with E-state index in [0.29, 0.717) is 6.04 Å². The van der Waals surface area contributed by atoms with Gasteiger partial charge in [0.15, 0.2) is 0 Å². The Bertz CT molecular complexity index is 477. The quantitative estimate of drug-likeness (QED) is 0.808. The summed E-state index contributed by atoms with van der Waals surface area (Å²) in [6.45, 7) is 4.26. The summed E-state index contributed by atoms with van der Waals surface area (Å²) in [4.78, 5) is 0. The summed E-state index contributed by atoms with van der Waals surface area (Å²) in [5.41, 5.74) is 10.4. The molecule has 0 amide bonds. The average Bonchev–Trinajstić information content (AvgIpc) is 2.76. The van der Waals surface area contributed by atoms with Crippen LogP contribution in [0.15, 0.2) is 35.0 Å². The van der Waals surface area contributed by atoms with Gasteiger partial charge in [0.05, 0.1) is 11.4 Å². The number of nitrogens with one attached hydrogen (secondary N) is 1. The molecule has 0 bridgehead atoms. The topological polar surface area (TPSA) is 38.0 Å². The van der Waals surface area contributed by atoms with Gasteiger partial charge in [-0.2, -0.15) is 11.3 Å². The van der Waals surface area contributed by atoms with Crippen molar-refractivity contribution in [3.8, 4) is 0 Å². The molecule has 2 rings (SSSR count). The minimum absolute atomic E-state index is 0.383. The van der Waals surface area contributed by atoms with Crippen LogP contribution in [0.3, 0.4) is 0 Å². The molecule has 3 N–H and O–H groups in total. The van der Waals surface area contributed by atoms with Crippen LogP contribution in [0.1, 0.15) is 18.1 Å². The molecular weight excluding hydrogens is 228 g/mol. The molecule has 3 heteroatoms. The number of aryl methyl sites for hydroxylation is 1. The molecule has 0 aliphatic carbocycles. The molecular formula is C14H18N2S. The van der Waals surface area contributed by atoms with Gasteiger partial charge in [0.25, 0.3) is 0 Å². The Labute approximate surface area is 106 Å². The van der Waals surface area contributed by atoms with Crippen molar-refractivity contribution in [2.24, 2.45) is 0 Å². The number of thiophene rings is 1. The largest absolute Gasteiger partial charge is 0.397 e. The van der Waals surface area contributed by atoms with Crippen LogP contribution in [0, 0.1) is 6.92 Å². The highest BCUT2D eigenvalue weighted by atomic mass is 32.1. The van der Waals surface area contributed by atoms with E-state index in [-0.39, 0.29) is 0 Å². The standard InChI is InChI=1S/C14H18N2S/c1-10-3-4-13(15)14(7-10)16-11(2)8-12-5-6-17-9-12/h3-7,9,11,16H,8,15H2,1-2H3. The minimum atomic E-state index is 0.383. The average molecular weight is 246 g/mol. The molecule has 17 heavy (non-hydrogen) atoms. The SMILES string of the molecule is Cc1ccc(N)c(NC(C)Cc2ccsc2)c1. The number of hydrogen-bond donors (Lipinski definition) is 2. The van der Waals surface area contributed by atoms with Crippen LogP contribution in [0.2, 0.25) is 0 Å². The Hall–Kier alpha value is -1.48. The van der Waals surface area contributed by atoms with Gasteiger partial charge >= 0.3 is 0 Å². The van der Waals surface area contributed by atoms with E-state index >= 15 is 0 Å². The summed E-state index contributed by atoms with van der Waals surface area (Å²) in [6.07, 6.45) is 1.02. The van der Waals surface area contributed by atoms with Gasteiger partial charge < -0.3 is 11.1 Å². The van der Waals surface area contributed by atoms with Crippen LogP contribution in [-0.4, -0.2) is 6.04 Å². The van der Waals surface area contributed by atoms with Gasteiger partial charge in [-0.25, -0.2) is 0 Å². The molecule has 1 aromatic heterocycles. The molecule has 0 aliphatic heterocycles.